The maximum atomic E-state index is 11.7. The van der Waals surface area contributed by atoms with Gasteiger partial charge in [-0.3, -0.25) is 4.79 Å². The van der Waals surface area contributed by atoms with Crippen molar-refractivity contribution in [2.75, 3.05) is 14.2 Å². The van der Waals surface area contributed by atoms with Gasteiger partial charge in [0, 0.05) is 17.5 Å². The van der Waals surface area contributed by atoms with E-state index in [0.29, 0.717) is 12.4 Å². The van der Waals surface area contributed by atoms with Crippen LogP contribution in [0, 0.1) is 6.92 Å². The number of carbonyl (C=O) groups is 1. The van der Waals surface area contributed by atoms with E-state index in [0.717, 1.165) is 40.0 Å². The number of rotatable bonds is 6. The Morgan fingerprint density at radius 2 is 2.00 bits per heavy atom. The Balaban J connectivity index is 2.23. The van der Waals surface area contributed by atoms with Crippen molar-refractivity contribution in [1.82, 2.24) is 5.32 Å². The van der Waals surface area contributed by atoms with Gasteiger partial charge in [0.1, 0.15) is 18.1 Å². The molecule has 1 N–H and O–H groups in total. The summed E-state index contributed by atoms with van der Waals surface area (Å²) >= 11 is 1.14. The molecule has 0 saturated carbocycles. The molecule has 0 atom stereocenters. The second-order valence-corrected chi connectivity index (χ2v) is 6.33. The lowest BCUT2D eigenvalue weighted by atomic mass is 10.1. The molecule has 0 radical (unpaired) electrons. The first-order valence-electron chi connectivity index (χ1n) is 7.86. The van der Waals surface area contributed by atoms with Crippen molar-refractivity contribution in [3.8, 4) is 11.5 Å². The molecule has 0 aliphatic carbocycles. The number of hydrogen-bond acceptors (Lipinski definition) is 4. The Labute approximate surface area is 147 Å². The fourth-order valence-electron chi connectivity index (χ4n) is 2.37. The van der Waals surface area contributed by atoms with E-state index in [-0.39, 0.29) is 5.24 Å². The van der Waals surface area contributed by atoms with Gasteiger partial charge in [-0.2, -0.15) is 0 Å². The quantitative estimate of drug-likeness (QED) is 0.779. The Morgan fingerprint density at radius 1 is 1.21 bits per heavy atom. The van der Waals surface area contributed by atoms with E-state index in [1.54, 1.807) is 14.2 Å². The molecular weight excluding hydrogens is 322 g/mol. The van der Waals surface area contributed by atoms with Gasteiger partial charge in [-0.1, -0.05) is 25.1 Å². The molecule has 0 spiro atoms. The molecule has 0 aliphatic heterocycles. The minimum atomic E-state index is -0.118. The number of thioether (sulfide) groups is 1. The molecule has 5 heteroatoms. The van der Waals surface area contributed by atoms with E-state index in [1.807, 2.05) is 31.2 Å². The van der Waals surface area contributed by atoms with Crippen LogP contribution in [0.25, 0.3) is 0 Å². The van der Waals surface area contributed by atoms with E-state index in [4.69, 9.17) is 9.47 Å². The zero-order valence-corrected chi connectivity index (χ0v) is 15.3. The molecule has 24 heavy (non-hydrogen) atoms. The number of aryl methyl sites for hydroxylation is 2. The topological polar surface area (TPSA) is 47.6 Å². The van der Waals surface area contributed by atoms with Crippen LogP contribution in [0.15, 0.2) is 41.3 Å². The first-order valence-corrected chi connectivity index (χ1v) is 8.68. The normalized spacial score (nSPS) is 10.3. The molecule has 2 rings (SSSR count). The molecule has 0 heterocycles. The summed E-state index contributed by atoms with van der Waals surface area (Å²) in [7, 11) is 3.23. The number of carbonyl (C=O) groups excluding carboxylic acids is 1. The highest BCUT2D eigenvalue weighted by molar-refractivity contribution is 8.13. The van der Waals surface area contributed by atoms with Gasteiger partial charge in [-0.25, -0.2) is 0 Å². The predicted molar refractivity (Wildman–Crippen MR) is 98.2 cm³/mol. The van der Waals surface area contributed by atoms with Crippen molar-refractivity contribution in [1.29, 1.82) is 0 Å². The Morgan fingerprint density at radius 3 is 2.62 bits per heavy atom. The number of amides is 1. The van der Waals surface area contributed by atoms with Crippen LogP contribution in [0.4, 0.5) is 4.79 Å². The van der Waals surface area contributed by atoms with Crippen LogP contribution in [-0.4, -0.2) is 19.4 Å². The highest BCUT2D eigenvalue weighted by Gasteiger charge is 2.14. The average molecular weight is 345 g/mol. The fourth-order valence-corrected chi connectivity index (χ4v) is 3.10. The summed E-state index contributed by atoms with van der Waals surface area (Å²) in [6.07, 6.45) is 1.00. The van der Waals surface area contributed by atoms with E-state index < -0.39 is 0 Å². The van der Waals surface area contributed by atoms with Crippen molar-refractivity contribution in [2.24, 2.45) is 0 Å². The molecule has 0 fully saturated rings. The van der Waals surface area contributed by atoms with Gasteiger partial charge in [0.2, 0.25) is 0 Å². The summed E-state index contributed by atoms with van der Waals surface area (Å²) in [6, 6.07) is 11.8. The largest absolute Gasteiger partial charge is 0.496 e. The van der Waals surface area contributed by atoms with Crippen LogP contribution in [0.3, 0.4) is 0 Å². The summed E-state index contributed by atoms with van der Waals surface area (Å²) in [5.74, 6) is 1.56. The predicted octanol–water partition coefficient (Wildman–Crippen LogP) is 4.58. The molecule has 4 nitrogen and oxygen atoms in total. The smallest absolute Gasteiger partial charge is 0.283 e. The number of ether oxygens (including phenoxy) is 2. The third-order valence-electron chi connectivity index (χ3n) is 3.74. The van der Waals surface area contributed by atoms with E-state index in [1.165, 1.54) is 5.56 Å². The van der Waals surface area contributed by atoms with E-state index in [9.17, 15) is 4.79 Å². The SMILES string of the molecule is CCc1ccc(OCc2c(OC)cccc2SC(=O)NC)c(C)c1. The van der Waals surface area contributed by atoms with Crippen molar-refractivity contribution in [3.05, 3.63) is 53.1 Å². The molecule has 0 aromatic heterocycles. The molecule has 128 valence electrons. The van der Waals surface area contributed by atoms with Gasteiger partial charge in [0.15, 0.2) is 0 Å². The number of hydrogen-bond donors (Lipinski definition) is 1. The lowest BCUT2D eigenvalue weighted by Gasteiger charge is -2.15. The van der Waals surface area contributed by atoms with Crippen LogP contribution < -0.4 is 14.8 Å². The van der Waals surface area contributed by atoms with Crippen molar-refractivity contribution >= 4 is 17.0 Å². The Hall–Kier alpha value is -2.14. The van der Waals surface area contributed by atoms with Gasteiger partial charge in [0.25, 0.3) is 5.24 Å². The minimum absolute atomic E-state index is 0.118. The highest BCUT2D eigenvalue weighted by atomic mass is 32.2. The van der Waals surface area contributed by atoms with E-state index in [2.05, 4.69) is 24.4 Å². The zero-order chi connectivity index (χ0) is 17.5. The average Bonchev–Trinajstić information content (AvgIpc) is 2.60. The fraction of sp³-hybridized carbons (Fsp3) is 0.316. The van der Waals surface area contributed by atoms with Gasteiger partial charge in [0.05, 0.1) is 7.11 Å². The molecule has 0 saturated heterocycles. The summed E-state index contributed by atoms with van der Waals surface area (Å²) in [5.41, 5.74) is 3.25. The van der Waals surface area contributed by atoms with Crippen LogP contribution >= 0.6 is 11.8 Å². The Kier molecular flexibility index (Phi) is 6.55. The standard InChI is InChI=1S/C19H23NO3S/c1-5-14-9-10-16(13(2)11-14)23-12-15-17(22-4)7-6-8-18(15)24-19(21)20-3/h6-11H,5,12H2,1-4H3,(H,20,21). The second-order valence-electron chi connectivity index (χ2n) is 5.32. The molecular formula is C19H23NO3S. The summed E-state index contributed by atoms with van der Waals surface area (Å²) in [5, 5.41) is 2.50. The second kappa shape index (κ2) is 8.64. The van der Waals surface area contributed by atoms with Gasteiger partial charge in [-0.15, -0.1) is 0 Å². The summed E-state index contributed by atoms with van der Waals surface area (Å²) < 4.78 is 11.4. The summed E-state index contributed by atoms with van der Waals surface area (Å²) in [4.78, 5) is 12.5. The molecule has 2 aromatic rings. The van der Waals surface area contributed by atoms with Crippen LogP contribution in [0.2, 0.25) is 0 Å². The zero-order valence-electron chi connectivity index (χ0n) is 14.5. The number of methoxy groups -OCH3 is 1. The molecule has 0 bridgehead atoms. The number of benzene rings is 2. The van der Waals surface area contributed by atoms with Crippen LogP contribution in [0.5, 0.6) is 11.5 Å². The van der Waals surface area contributed by atoms with Crippen molar-refractivity contribution in [3.63, 3.8) is 0 Å². The lowest BCUT2D eigenvalue weighted by molar-refractivity contribution is 0.262. The third kappa shape index (κ3) is 4.45. The van der Waals surface area contributed by atoms with Crippen LogP contribution in [-0.2, 0) is 13.0 Å². The van der Waals surface area contributed by atoms with Gasteiger partial charge in [-0.05, 0) is 54.4 Å². The number of nitrogens with one attached hydrogen (secondary N) is 1. The maximum absolute atomic E-state index is 11.7. The van der Waals surface area contributed by atoms with E-state index >= 15 is 0 Å². The molecule has 1 amide bonds. The first kappa shape index (κ1) is 18.2. The lowest BCUT2D eigenvalue weighted by Crippen LogP contribution is -2.12. The van der Waals surface area contributed by atoms with Crippen LogP contribution in [0.1, 0.15) is 23.6 Å². The monoisotopic (exact) mass is 345 g/mol. The Bertz CT molecular complexity index is 716. The third-order valence-corrected chi connectivity index (χ3v) is 4.73. The minimum Gasteiger partial charge on any atom is -0.496 e. The molecule has 0 unspecified atom stereocenters. The van der Waals surface area contributed by atoms with Gasteiger partial charge < -0.3 is 14.8 Å². The summed E-state index contributed by atoms with van der Waals surface area (Å²) in [6.45, 7) is 4.51. The van der Waals surface area contributed by atoms with Crippen molar-refractivity contribution < 1.29 is 14.3 Å². The molecule has 2 aromatic carbocycles. The van der Waals surface area contributed by atoms with Gasteiger partial charge >= 0.3 is 0 Å². The first-order chi connectivity index (χ1) is 11.6. The van der Waals surface area contributed by atoms with Crippen molar-refractivity contribution in [2.45, 2.75) is 31.8 Å². The highest BCUT2D eigenvalue weighted by Crippen LogP contribution is 2.32. The maximum Gasteiger partial charge on any atom is 0.283 e. The molecule has 0 aliphatic rings.